The van der Waals surface area contributed by atoms with Crippen LogP contribution in [-0.4, -0.2) is 58.3 Å². The molecule has 0 saturated carbocycles. The number of nitrogens with one attached hydrogen (secondary N) is 2. The Labute approximate surface area is 176 Å². The third-order valence-corrected chi connectivity index (χ3v) is 5.47. The normalized spacial score (nSPS) is 19.0. The number of rotatable bonds is 5. The first-order chi connectivity index (χ1) is 14.2. The highest BCUT2D eigenvalue weighted by Crippen LogP contribution is 2.38. The number of ether oxygens (including phenoxy) is 1. The minimum absolute atomic E-state index is 0.269. The fourth-order valence-corrected chi connectivity index (χ4v) is 4.18. The van der Waals surface area contributed by atoms with Gasteiger partial charge in [0.1, 0.15) is 17.0 Å². The van der Waals surface area contributed by atoms with Crippen LogP contribution in [0.3, 0.4) is 0 Å². The molecule has 1 atom stereocenters. The van der Waals surface area contributed by atoms with Crippen LogP contribution in [0.25, 0.3) is 5.65 Å². The Morgan fingerprint density at radius 3 is 3.17 bits per heavy atom. The highest BCUT2D eigenvalue weighted by Gasteiger charge is 2.33. The van der Waals surface area contributed by atoms with Gasteiger partial charge in [-0.1, -0.05) is 6.92 Å². The molecule has 5 rings (SSSR count). The molecule has 1 saturated heterocycles. The number of fused-ring (bicyclic) bond motifs is 4. The lowest BCUT2D eigenvalue weighted by Crippen LogP contribution is -2.57. The van der Waals surface area contributed by atoms with Crippen LogP contribution in [0.4, 0.5) is 17.2 Å². The summed E-state index contributed by atoms with van der Waals surface area (Å²) in [5.74, 6) is 1.56. The summed E-state index contributed by atoms with van der Waals surface area (Å²) in [6.07, 6.45) is 5.52. The van der Waals surface area contributed by atoms with Gasteiger partial charge in [-0.2, -0.15) is 10.5 Å². The average molecular weight is 460 g/mol. The monoisotopic (exact) mass is 459 g/mol. The Balaban J connectivity index is 1.35. The third-order valence-electron chi connectivity index (χ3n) is 5.09. The molecule has 0 amide bonds. The third kappa shape index (κ3) is 3.64. The summed E-state index contributed by atoms with van der Waals surface area (Å²) < 4.78 is 8.75. The molecular formula is C19H22BrN7O2. The van der Waals surface area contributed by atoms with E-state index in [-0.39, 0.29) is 6.04 Å². The van der Waals surface area contributed by atoms with Crippen molar-refractivity contribution in [3.8, 4) is 5.75 Å². The van der Waals surface area contributed by atoms with Crippen LogP contribution in [0.5, 0.6) is 5.75 Å². The van der Waals surface area contributed by atoms with Gasteiger partial charge < -0.3 is 19.4 Å². The van der Waals surface area contributed by atoms with Crippen molar-refractivity contribution in [2.75, 3.05) is 43.0 Å². The van der Waals surface area contributed by atoms with E-state index in [2.05, 4.69) is 47.7 Å². The number of hydroxylamine groups is 3. The van der Waals surface area contributed by atoms with Gasteiger partial charge in [0.15, 0.2) is 11.5 Å². The zero-order valence-electron chi connectivity index (χ0n) is 16.0. The largest absolute Gasteiger partial charge is 0.489 e. The van der Waals surface area contributed by atoms with E-state index in [4.69, 9.17) is 9.68 Å². The Morgan fingerprint density at radius 1 is 1.34 bits per heavy atom. The number of imidazole rings is 1. The number of anilines is 3. The van der Waals surface area contributed by atoms with Crippen LogP contribution in [0.1, 0.15) is 6.92 Å². The van der Waals surface area contributed by atoms with Crippen LogP contribution in [0.2, 0.25) is 0 Å². The molecule has 2 aliphatic heterocycles. The quantitative estimate of drug-likeness (QED) is 0.563. The second kappa shape index (κ2) is 7.79. The molecule has 0 bridgehead atoms. The summed E-state index contributed by atoms with van der Waals surface area (Å²) in [7, 11) is 0. The van der Waals surface area contributed by atoms with E-state index in [1.807, 2.05) is 40.9 Å². The van der Waals surface area contributed by atoms with Crippen molar-refractivity contribution in [3.05, 3.63) is 41.4 Å². The molecule has 1 aromatic carbocycles. The van der Waals surface area contributed by atoms with E-state index in [0.29, 0.717) is 12.4 Å². The van der Waals surface area contributed by atoms with Crippen LogP contribution in [0, 0.1) is 0 Å². The fraction of sp³-hybridized carbons (Fsp3) is 0.368. The molecule has 3 aromatic rings. The zero-order valence-corrected chi connectivity index (χ0v) is 17.6. The molecule has 0 unspecified atom stereocenters. The number of nitrogens with zero attached hydrogens (tertiary/aromatic N) is 5. The molecule has 1 fully saturated rings. The van der Waals surface area contributed by atoms with Crippen molar-refractivity contribution >= 4 is 38.8 Å². The van der Waals surface area contributed by atoms with Crippen molar-refractivity contribution in [1.82, 2.24) is 24.9 Å². The highest BCUT2D eigenvalue weighted by molar-refractivity contribution is 9.10. The standard InChI is InChI=1S/C19H22BrN7O2/c1-2-22-29-26-7-8-27-14(10-26)12-28-16-9-13(3-4-15(16)27)23-18-19-21-5-6-25(19)11-17(20)24-18/h3-6,9,11,14,22H,2,7-8,10,12H2,1H3,(H,23,24)/t14-/m1/s1. The SMILES string of the molecule is CCNON1CCN2c3ccc(Nc4nc(Br)cn5ccnc45)cc3OC[C@H]2C1. The Kier molecular flexibility index (Phi) is 5.00. The van der Waals surface area contributed by atoms with Gasteiger partial charge in [-0.15, -0.1) is 0 Å². The molecule has 0 aliphatic carbocycles. The average Bonchev–Trinajstić information content (AvgIpc) is 3.20. The number of halogens is 1. The molecule has 9 nitrogen and oxygen atoms in total. The molecule has 2 aliphatic rings. The van der Waals surface area contributed by atoms with E-state index in [1.54, 1.807) is 6.20 Å². The Hall–Kier alpha value is -2.40. The molecule has 29 heavy (non-hydrogen) atoms. The maximum absolute atomic E-state index is 6.09. The Morgan fingerprint density at radius 2 is 2.28 bits per heavy atom. The summed E-state index contributed by atoms with van der Waals surface area (Å²) in [6, 6.07) is 6.44. The van der Waals surface area contributed by atoms with E-state index < -0.39 is 0 Å². The molecule has 0 radical (unpaired) electrons. The number of benzene rings is 1. The first kappa shape index (κ1) is 18.6. The van der Waals surface area contributed by atoms with Gasteiger partial charge in [-0.05, 0) is 28.1 Å². The smallest absolute Gasteiger partial charge is 0.180 e. The predicted molar refractivity (Wildman–Crippen MR) is 113 cm³/mol. The van der Waals surface area contributed by atoms with Gasteiger partial charge in [-0.25, -0.2) is 14.9 Å². The maximum Gasteiger partial charge on any atom is 0.180 e. The van der Waals surface area contributed by atoms with Gasteiger partial charge in [0.25, 0.3) is 0 Å². The van der Waals surface area contributed by atoms with Crippen LogP contribution < -0.4 is 20.4 Å². The van der Waals surface area contributed by atoms with E-state index >= 15 is 0 Å². The van der Waals surface area contributed by atoms with Crippen LogP contribution in [-0.2, 0) is 4.94 Å². The minimum atomic E-state index is 0.269. The fourth-order valence-electron chi connectivity index (χ4n) is 3.78. The van der Waals surface area contributed by atoms with E-state index in [1.165, 1.54) is 0 Å². The second-order valence-corrected chi connectivity index (χ2v) is 7.83. The van der Waals surface area contributed by atoms with Gasteiger partial charge in [0.05, 0.1) is 11.7 Å². The predicted octanol–water partition coefficient (Wildman–Crippen LogP) is 2.57. The van der Waals surface area contributed by atoms with Gasteiger partial charge >= 0.3 is 0 Å². The number of aromatic nitrogens is 3. The summed E-state index contributed by atoms with van der Waals surface area (Å²) in [5, 5.41) is 5.33. The topological polar surface area (TPSA) is 79.2 Å². The second-order valence-electron chi connectivity index (χ2n) is 7.01. The molecule has 4 heterocycles. The molecule has 0 spiro atoms. The van der Waals surface area contributed by atoms with Gasteiger partial charge in [0.2, 0.25) is 0 Å². The first-order valence-electron chi connectivity index (χ1n) is 9.66. The molecule has 152 valence electrons. The molecule has 2 N–H and O–H groups in total. The van der Waals surface area contributed by atoms with E-state index in [0.717, 1.165) is 53.6 Å². The Bertz CT molecular complexity index is 1030. The lowest BCUT2D eigenvalue weighted by Gasteiger charge is -2.44. The van der Waals surface area contributed by atoms with Gasteiger partial charge in [0, 0.05) is 56.5 Å². The molecular weight excluding hydrogens is 438 g/mol. The first-order valence-corrected chi connectivity index (χ1v) is 10.4. The summed E-state index contributed by atoms with van der Waals surface area (Å²) >= 11 is 3.45. The molecule has 10 heteroatoms. The van der Waals surface area contributed by atoms with Crippen molar-refractivity contribution in [2.45, 2.75) is 13.0 Å². The summed E-state index contributed by atoms with van der Waals surface area (Å²) in [5.41, 5.74) is 5.71. The zero-order chi connectivity index (χ0) is 19.8. The van der Waals surface area contributed by atoms with E-state index in [9.17, 15) is 0 Å². The van der Waals surface area contributed by atoms with Crippen LogP contribution in [0.15, 0.2) is 41.4 Å². The lowest BCUT2D eigenvalue weighted by molar-refractivity contribution is -0.217. The van der Waals surface area contributed by atoms with Crippen molar-refractivity contribution < 1.29 is 9.68 Å². The summed E-state index contributed by atoms with van der Waals surface area (Å²) in [4.78, 5) is 16.9. The van der Waals surface area contributed by atoms with Crippen molar-refractivity contribution in [1.29, 1.82) is 0 Å². The number of piperazine rings is 1. The maximum atomic E-state index is 6.09. The van der Waals surface area contributed by atoms with Crippen molar-refractivity contribution in [2.24, 2.45) is 0 Å². The minimum Gasteiger partial charge on any atom is -0.489 e. The van der Waals surface area contributed by atoms with Crippen molar-refractivity contribution in [3.63, 3.8) is 0 Å². The molecule has 2 aromatic heterocycles. The summed E-state index contributed by atoms with van der Waals surface area (Å²) in [6.45, 7) is 5.94. The highest BCUT2D eigenvalue weighted by atomic mass is 79.9. The van der Waals surface area contributed by atoms with Crippen LogP contribution >= 0.6 is 15.9 Å². The number of hydrogen-bond acceptors (Lipinski definition) is 8. The lowest BCUT2D eigenvalue weighted by atomic mass is 10.1. The van der Waals surface area contributed by atoms with Gasteiger partial charge in [-0.3, -0.25) is 0 Å². The number of hydrogen-bond donors (Lipinski definition) is 2.